The summed E-state index contributed by atoms with van der Waals surface area (Å²) in [5.41, 5.74) is 2.46. The highest BCUT2D eigenvalue weighted by molar-refractivity contribution is 6.08. The molecule has 0 fully saturated rings. The molecule has 2 amide bonds. The van der Waals surface area contributed by atoms with E-state index in [1.165, 1.54) is 12.1 Å². The summed E-state index contributed by atoms with van der Waals surface area (Å²) in [5.74, 6) is -2.49. The zero-order chi connectivity index (χ0) is 22.4. The van der Waals surface area contributed by atoms with Crippen LogP contribution in [0.3, 0.4) is 0 Å². The van der Waals surface area contributed by atoms with Crippen LogP contribution in [0.25, 0.3) is 0 Å². The molecular formula is C24H25N3O4. The lowest BCUT2D eigenvalue weighted by atomic mass is 9.94. The van der Waals surface area contributed by atoms with Crippen LogP contribution in [0, 0.1) is 11.3 Å². The second-order valence-corrected chi connectivity index (χ2v) is 7.61. The topological polar surface area (TPSA) is 110 Å². The van der Waals surface area contributed by atoms with Gasteiger partial charge in [0.05, 0.1) is 17.7 Å². The molecule has 3 rings (SSSR count). The quantitative estimate of drug-likeness (QED) is 0.668. The summed E-state index contributed by atoms with van der Waals surface area (Å²) in [4.78, 5) is 39.8. The van der Waals surface area contributed by atoms with E-state index in [0.717, 1.165) is 22.4 Å². The number of nitrogens with zero attached hydrogens (tertiary/aromatic N) is 2. The molecule has 2 atom stereocenters. The monoisotopic (exact) mass is 419 g/mol. The van der Waals surface area contributed by atoms with E-state index in [1.807, 2.05) is 37.3 Å². The summed E-state index contributed by atoms with van der Waals surface area (Å²) in [6, 6.07) is 13.7. The number of unbranched alkanes of at least 4 members (excludes halogenated alkanes) is 1. The van der Waals surface area contributed by atoms with E-state index < -0.39 is 29.9 Å². The minimum absolute atomic E-state index is 0.117. The standard InChI is InChI=1S/C24H25N3O4/c1-2-3-11-21(24(30)31)27(22(28)18-10-6-7-16(12-18)14-25)23(29)20-13-17-8-4-5-9-19(17)15-26-20/h4-10,12,20-21,26H,2-3,11,13,15H2,1H3,(H,30,31)/t20-,21-/m0/s1. The number of fused-ring (bicyclic) bond motifs is 1. The molecule has 0 bridgehead atoms. The molecule has 160 valence electrons. The van der Waals surface area contributed by atoms with E-state index in [-0.39, 0.29) is 17.5 Å². The van der Waals surface area contributed by atoms with Gasteiger partial charge in [-0.15, -0.1) is 0 Å². The van der Waals surface area contributed by atoms with Crippen molar-refractivity contribution in [3.8, 4) is 6.07 Å². The van der Waals surface area contributed by atoms with Crippen LogP contribution in [-0.4, -0.2) is 39.9 Å². The highest BCUT2D eigenvalue weighted by Gasteiger charge is 2.39. The lowest BCUT2D eigenvalue weighted by Crippen LogP contribution is -2.56. The van der Waals surface area contributed by atoms with Gasteiger partial charge in [-0.1, -0.05) is 50.1 Å². The first-order valence-corrected chi connectivity index (χ1v) is 10.4. The number of carbonyl (C=O) groups excluding carboxylic acids is 2. The van der Waals surface area contributed by atoms with Crippen LogP contribution in [-0.2, 0) is 22.6 Å². The highest BCUT2D eigenvalue weighted by atomic mass is 16.4. The molecule has 1 heterocycles. The van der Waals surface area contributed by atoms with Gasteiger partial charge >= 0.3 is 5.97 Å². The average Bonchev–Trinajstić information content (AvgIpc) is 2.80. The Morgan fingerprint density at radius 2 is 1.94 bits per heavy atom. The summed E-state index contributed by atoms with van der Waals surface area (Å²) >= 11 is 0. The van der Waals surface area contributed by atoms with Gasteiger partial charge in [0.2, 0.25) is 5.91 Å². The number of aliphatic carboxylic acids is 1. The van der Waals surface area contributed by atoms with Crippen molar-refractivity contribution in [2.75, 3.05) is 0 Å². The SMILES string of the molecule is CCCC[C@@H](C(=O)O)N(C(=O)c1cccc(C#N)c1)C(=O)[C@@H]1Cc2ccccc2CN1. The van der Waals surface area contributed by atoms with E-state index >= 15 is 0 Å². The van der Waals surface area contributed by atoms with E-state index in [0.29, 0.717) is 19.4 Å². The summed E-state index contributed by atoms with van der Waals surface area (Å²) in [6.07, 6.45) is 1.84. The molecule has 1 aliphatic rings. The minimum atomic E-state index is -1.27. The Morgan fingerprint density at radius 3 is 2.61 bits per heavy atom. The van der Waals surface area contributed by atoms with Gasteiger partial charge in [0.25, 0.3) is 5.91 Å². The van der Waals surface area contributed by atoms with Crippen molar-refractivity contribution in [2.24, 2.45) is 0 Å². The van der Waals surface area contributed by atoms with Crippen molar-refractivity contribution in [2.45, 2.75) is 51.2 Å². The maximum atomic E-state index is 13.5. The molecule has 0 unspecified atom stereocenters. The molecule has 2 aromatic rings. The summed E-state index contributed by atoms with van der Waals surface area (Å²) in [7, 11) is 0. The van der Waals surface area contributed by atoms with Gasteiger partial charge in [-0.2, -0.15) is 5.26 Å². The Morgan fingerprint density at radius 1 is 1.19 bits per heavy atom. The molecule has 0 spiro atoms. The predicted octanol–water partition coefficient (Wildman–Crippen LogP) is 2.88. The summed E-state index contributed by atoms with van der Waals surface area (Å²) in [6.45, 7) is 2.38. The number of carboxylic acid groups (broad SMARTS) is 1. The van der Waals surface area contributed by atoms with Gasteiger partial charge in [-0.25, -0.2) is 4.79 Å². The van der Waals surface area contributed by atoms with E-state index in [9.17, 15) is 19.5 Å². The number of amides is 2. The number of nitriles is 1. The molecule has 2 N–H and O–H groups in total. The van der Waals surface area contributed by atoms with Crippen LogP contribution in [0.1, 0.15) is 53.2 Å². The van der Waals surface area contributed by atoms with Gasteiger partial charge in [0.1, 0.15) is 6.04 Å². The zero-order valence-electron chi connectivity index (χ0n) is 17.4. The second-order valence-electron chi connectivity index (χ2n) is 7.61. The summed E-state index contributed by atoms with van der Waals surface area (Å²) < 4.78 is 0. The van der Waals surface area contributed by atoms with Gasteiger partial charge in [-0.3, -0.25) is 14.5 Å². The number of benzene rings is 2. The molecule has 0 saturated carbocycles. The van der Waals surface area contributed by atoms with Crippen LogP contribution in [0.5, 0.6) is 0 Å². The third kappa shape index (κ3) is 4.98. The molecule has 2 aromatic carbocycles. The third-order valence-electron chi connectivity index (χ3n) is 5.50. The second kappa shape index (κ2) is 10.0. The van der Waals surface area contributed by atoms with E-state index in [1.54, 1.807) is 12.1 Å². The lowest BCUT2D eigenvalue weighted by molar-refractivity contribution is -0.149. The molecule has 0 aromatic heterocycles. The van der Waals surface area contributed by atoms with Gasteiger partial charge in [-0.05, 0) is 42.2 Å². The Labute approximate surface area is 181 Å². The number of imide groups is 1. The van der Waals surface area contributed by atoms with Crippen molar-refractivity contribution < 1.29 is 19.5 Å². The maximum Gasteiger partial charge on any atom is 0.326 e. The maximum absolute atomic E-state index is 13.5. The molecule has 31 heavy (non-hydrogen) atoms. The Hall–Kier alpha value is -3.50. The molecule has 1 aliphatic heterocycles. The third-order valence-corrected chi connectivity index (χ3v) is 5.50. The van der Waals surface area contributed by atoms with Crippen LogP contribution < -0.4 is 5.32 Å². The fraction of sp³-hybridized carbons (Fsp3) is 0.333. The number of hydrogen-bond acceptors (Lipinski definition) is 5. The van der Waals surface area contributed by atoms with E-state index in [2.05, 4.69) is 5.32 Å². The largest absolute Gasteiger partial charge is 0.480 e. The smallest absolute Gasteiger partial charge is 0.326 e. The number of rotatable bonds is 7. The van der Waals surface area contributed by atoms with Crippen LogP contribution in [0.15, 0.2) is 48.5 Å². The first kappa shape index (κ1) is 22.2. The Kier molecular flexibility index (Phi) is 7.16. The molecule has 7 heteroatoms. The predicted molar refractivity (Wildman–Crippen MR) is 114 cm³/mol. The van der Waals surface area contributed by atoms with Crippen molar-refractivity contribution >= 4 is 17.8 Å². The van der Waals surface area contributed by atoms with Crippen LogP contribution >= 0.6 is 0 Å². The van der Waals surface area contributed by atoms with Crippen molar-refractivity contribution in [3.63, 3.8) is 0 Å². The highest BCUT2D eigenvalue weighted by Crippen LogP contribution is 2.21. The normalized spacial score (nSPS) is 15.9. The number of hydrogen-bond donors (Lipinski definition) is 2. The number of nitrogens with one attached hydrogen (secondary N) is 1. The van der Waals surface area contributed by atoms with E-state index in [4.69, 9.17) is 5.26 Å². The number of carboxylic acids is 1. The van der Waals surface area contributed by atoms with Gasteiger partial charge in [0.15, 0.2) is 0 Å². The van der Waals surface area contributed by atoms with Crippen LogP contribution in [0.2, 0.25) is 0 Å². The molecule has 7 nitrogen and oxygen atoms in total. The average molecular weight is 419 g/mol. The lowest BCUT2D eigenvalue weighted by Gasteiger charge is -2.33. The van der Waals surface area contributed by atoms with Crippen molar-refractivity contribution in [1.82, 2.24) is 10.2 Å². The first-order valence-electron chi connectivity index (χ1n) is 10.4. The van der Waals surface area contributed by atoms with Crippen molar-refractivity contribution in [1.29, 1.82) is 5.26 Å². The Balaban J connectivity index is 1.96. The van der Waals surface area contributed by atoms with Gasteiger partial charge < -0.3 is 10.4 Å². The number of carbonyl (C=O) groups is 3. The van der Waals surface area contributed by atoms with Crippen molar-refractivity contribution in [3.05, 3.63) is 70.8 Å². The zero-order valence-corrected chi connectivity index (χ0v) is 17.4. The minimum Gasteiger partial charge on any atom is -0.480 e. The van der Waals surface area contributed by atoms with Gasteiger partial charge in [0, 0.05) is 12.1 Å². The molecule has 0 radical (unpaired) electrons. The fourth-order valence-corrected chi connectivity index (χ4v) is 3.81. The van der Waals surface area contributed by atoms with Crippen LogP contribution in [0.4, 0.5) is 0 Å². The Bertz CT molecular complexity index is 1030. The fourth-order valence-electron chi connectivity index (χ4n) is 3.81. The summed E-state index contributed by atoms with van der Waals surface area (Å²) in [5, 5.41) is 22.2. The molecule has 0 saturated heterocycles. The molecule has 0 aliphatic carbocycles. The first-order chi connectivity index (χ1) is 15.0. The molecular weight excluding hydrogens is 394 g/mol.